The lowest BCUT2D eigenvalue weighted by atomic mass is 10.0. The Bertz CT molecular complexity index is 811. The predicted octanol–water partition coefficient (Wildman–Crippen LogP) is 3.03. The fourth-order valence-corrected chi connectivity index (χ4v) is 2.88. The Kier molecular flexibility index (Phi) is 8.04. The molecule has 28 heavy (non-hydrogen) atoms. The first-order chi connectivity index (χ1) is 13.4. The molecule has 2 aromatic rings. The summed E-state index contributed by atoms with van der Waals surface area (Å²) in [7, 11) is 1.69. The molecular weight excluding hydrogens is 352 g/mol. The molecule has 0 bridgehead atoms. The van der Waals surface area contributed by atoms with Gasteiger partial charge in [0.2, 0.25) is 0 Å². The van der Waals surface area contributed by atoms with E-state index in [1.54, 1.807) is 13.4 Å². The molecule has 0 spiro atoms. The molecule has 0 aliphatic carbocycles. The van der Waals surface area contributed by atoms with Crippen LogP contribution in [0.3, 0.4) is 0 Å². The molecule has 7 heteroatoms. The maximum atomic E-state index is 5.53. The third-order valence-electron chi connectivity index (χ3n) is 4.37. The molecule has 0 saturated heterocycles. The van der Waals surface area contributed by atoms with Gasteiger partial charge in [0.1, 0.15) is 17.9 Å². The molecule has 1 aromatic carbocycles. The number of aryl methyl sites for hydroxylation is 2. The average molecular weight is 385 g/mol. The molecule has 1 unspecified atom stereocenters. The van der Waals surface area contributed by atoms with E-state index in [1.165, 1.54) is 5.56 Å². The number of ether oxygens (including phenoxy) is 1. The minimum atomic E-state index is 0.0346. The van der Waals surface area contributed by atoms with Gasteiger partial charge < -0.3 is 19.9 Å². The Balaban J connectivity index is 2.07. The van der Waals surface area contributed by atoms with E-state index in [2.05, 4.69) is 63.8 Å². The van der Waals surface area contributed by atoms with Gasteiger partial charge in [-0.15, -0.1) is 10.2 Å². The van der Waals surface area contributed by atoms with Crippen LogP contribution in [0.4, 0.5) is 0 Å². The van der Waals surface area contributed by atoms with Crippen LogP contribution in [-0.4, -0.2) is 40.9 Å². The quantitative estimate of drug-likeness (QED) is 0.395. The van der Waals surface area contributed by atoms with E-state index >= 15 is 0 Å². The molecular formula is C21H32N6O. The van der Waals surface area contributed by atoms with Gasteiger partial charge in [-0.3, -0.25) is 0 Å². The Hall–Kier alpha value is -2.83. The molecule has 0 amide bonds. The molecule has 0 radical (unpaired) electrons. The Morgan fingerprint density at radius 2 is 2.18 bits per heavy atom. The summed E-state index contributed by atoms with van der Waals surface area (Å²) in [6, 6.07) is 6.22. The summed E-state index contributed by atoms with van der Waals surface area (Å²) >= 11 is 0. The first kappa shape index (κ1) is 21.5. The van der Waals surface area contributed by atoms with Gasteiger partial charge in [-0.1, -0.05) is 36.8 Å². The lowest BCUT2D eigenvalue weighted by Gasteiger charge is -2.21. The van der Waals surface area contributed by atoms with Crippen molar-refractivity contribution in [3.8, 4) is 5.75 Å². The van der Waals surface area contributed by atoms with Crippen LogP contribution in [0.15, 0.2) is 41.7 Å². The summed E-state index contributed by atoms with van der Waals surface area (Å²) < 4.78 is 7.58. The molecule has 0 aliphatic heterocycles. The highest BCUT2D eigenvalue weighted by Gasteiger charge is 2.13. The van der Waals surface area contributed by atoms with Crippen molar-refractivity contribution in [2.45, 2.75) is 46.7 Å². The topological polar surface area (TPSA) is 76.4 Å². The van der Waals surface area contributed by atoms with Crippen molar-refractivity contribution in [2.24, 2.45) is 4.99 Å². The van der Waals surface area contributed by atoms with Crippen molar-refractivity contribution in [1.29, 1.82) is 0 Å². The molecule has 2 N–H and O–H groups in total. The predicted molar refractivity (Wildman–Crippen MR) is 114 cm³/mol. The van der Waals surface area contributed by atoms with E-state index in [9.17, 15) is 0 Å². The number of guanidine groups is 1. The third-order valence-corrected chi connectivity index (χ3v) is 4.37. The van der Waals surface area contributed by atoms with Crippen LogP contribution in [0, 0.1) is 6.92 Å². The van der Waals surface area contributed by atoms with Crippen LogP contribution in [-0.2, 0) is 13.0 Å². The number of aliphatic imine (C=N–C) groups is 1. The summed E-state index contributed by atoms with van der Waals surface area (Å²) in [5.41, 5.74) is 3.30. The van der Waals surface area contributed by atoms with Crippen LogP contribution in [0.25, 0.3) is 0 Å². The second-order valence-electron chi connectivity index (χ2n) is 6.95. The Morgan fingerprint density at radius 1 is 1.39 bits per heavy atom. The molecule has 0 saturated carbocycles. The van der Waals surface area contributed by atoms with Crippen LogP contribution in [0.2, 0.25) is 0 Å². The van der Waals surface area contributed by atoms with Gasteiger partial charge in [-0.2, -0.15) is 0 Å². The lowest BCUT2D eigenvalue weighted by molar-refractivity contribution is 0.405. The third kappa shape index (κ3) is 6.11. The van der Waals surface area contributed by atoms with E-state index in [1.807, 2.05) is 19.1 Å². The standard InChI is InChI=1S/C21H32N6O/c1-7-20-26-24-14-27(20)11-10-22-21(23-13-15(2)3)25-17(5)18-12-16(4)8-9-19(18)28-6/h8-9,12,14,17H,2,7,10-11,13H2,1,3-6H3,(H2,22,23,25). The van der Waals surface area contributed by atoms with Gasteiger partial charge in [0.05, 0.1) is 19.7 Å². The van der Waals surface area contributed by atoms with Crippen molar-refractivity contribution in [1.82, 2.24) is 25.4 Å². The van der Waals surface area contributed by atoms with Crippen LogP contribution in [0.5, 0.6) is 5.75 Å². The number of nitrogens with zero attached hydrogens (tertiary/aromatic N) is 4. The molecule has 152 valence electrons. The van der Waals surface area contributed by atoms with Crippen molar-refractivity contribution < 1.29 is 4.74 Å². The lowest BCUT2D eigenvalue weighted by Crippen LogP contribution is -2.40. The van der Waals surface area contributed by atoms with E-state index in [0.29, 0.717) is 13.1 Å². The van der Waals surface area contributed by atoms with Gasteiger partial charge in [0.15, 0.2) is 5.96 Å². The van der Waals surface area contributed by atoms with E-state index in [-0.39, 0.29) is 6.04 Å². The van der Waals surface area contributed by atoms with E-state index in [0.717, 1.165) is 41.6 Å². The van der Waals surface area contributed by atoms with Gasteiger partial charge in [0.25, 0.3) is 0 Å². The molecule has 0 aliphatic rings. The smallest absolute Gasteiger partial charge is 0.192 e. The van der Waals surface area contributed by atoms with Crippen LogP contribution in [0.1, 0.15) is 43.8 Å². The maximum absolute atomic E-state index is 5.53. The van der Waals surface area contributed by atoms with Crippen LogP contribution < -0.4 is 15.4 Å². The highest BCUT2D eigenvalue weighted by molar-refractivity contribution is 5.80. The number of hydrogen-bond donors (Lipinski definition) is 2. The molecule has 0 fully saturated rings. The van der Waals surface area contributed by atoms with Crippen molar-refractivity contribution in [3.05, 3.63) is 53.6 Å². The fourth-order valence-electron chi connectivity index (χ4n) is 2.88. The van der Waals surface area contributed by atoms with Crippen molar-refractivity contribution >= 4 is 5.96 Å². The van der Waals surface area contributed by atoms with Gasteiger partial charge in [-0.05, 0) is 26.8 Å². The number of nitrogens with one attached hydrogen (secondary N) is 2. The zero-order valence-corrected chi connectivity index (χ0v) is 17.6. The SMILES string of the molecule is C=C(C)CN=C(NCCn1cnnc1CC)NC(C)c1cc(C)ccc1OC. The average Bonchev–Trinajstić information content (AvgIpc) is 3.13. The molecule has 1 aromatic heterocycles. The minimum Gasteiger partial charge on any atom is -0.496 e. The number of rotatable bonds is 9. The number of benzene rings is 1. The van der Waals surface area contributed by atoms with E-state index < -0.39 is 0 Å². The summed E-state index contributed by atoms with van der Waals surface area (Å²) in [5, 5.41) is 15.0. The second kappa shape index (κ2) is 10.5. The molecule has 1 atom stereocenters. The number of hydrogen-bond acceptors (Lipinski definition) is 4. The number of aromatic nitrogens is 3. The minimum absolute atomic E-state index is 0.0346. The second-order valence-corrected chi connectivity index (χ2v) is 6.95. The molecule has 7 nitrogen and oxygen atoms in total. The Labute approximate surface area is 167 Å². The molecule has 1 heterocycles. The summed E-state index contributed by atoms with van der Waals surface area (Å²) in [6.07, 6.45) is 2.62. The highest BCUT2D eigenvalue weighted by Crippen LogP contribution is 2.25. The fraction of sp³-hybridized carbons (Fsp3) is 0.476. The highest BCUT2D eigenvalue weighted by atomic mass is 16.5. The van der Waals surface area contributed by atoms with Gasteiger partial charge in [-0.25, -0.2) is 4.99 Å². The monoisotopic (exact) mass is 384 g/mol. The summed E-state index contributed by atoms with van der Waals surface area (Å²) in [6.45, 7) is 14.2. The normalized spacial score (nSPS) is 12.5. The Morgan fingerprint density at radius 3 is 2.86 bits per heavy atom. The van der Waals surface area contributed by atoms with Gasteiger partial charge >= 0.3 is 0 Å². The maximum Gasteiger partial charge on any atom is 0.192 e. The summed E-state index contributed by atoms with van der Waals surface area (Å²) in [4.78, 5) is 4.64. The first-order valence-electron chi connectivity index (χ1n) is 9.65. The number of methoxy groups -OCH3 is 1. The zero-order chi connectivity index (χ0) is 20.5. The van der Waals surface area contributed by atoms with Crippen molar-refractivity contribution in [2.75, 3.05) is 20.2 Å². The van der Waals surface area contributed by atoms with Gasteiger partial charge in [0, 0.05) is 25.1 Å². The van der Waals surface area contributed by atoms with Crippen molar-refractivity contribution in [3.63, 3.8) is 0 Å². The van der Waals surface area contributed by atoms with E-state index in [4.69, 9.17) is 4.74 Å². The largest absolute Gasteiger partial charge is 0.496 e. The summed E-state index contributed by atoms with van der Waals surface area (Å²) in [5.74, 6) is 2.58. The molecule has 2 rings (SSSR count). The first-order valence-corrected chi connectivity index (χ1v) is 9.65. The zero-order valence-electron chi connectivity index (χ0n) is 17.6. The van der Waals surface area contributed by atoms with Crippen LogP contribution >= 0.6 is 0 Å².